The van der Waals surface area contributed by atoms with Gasteiger partial charge in [-0.15, -0.1) is 22.9 Å². The first-order valence-electron chi connectivity index (χ1n) is 4.63. The highest BCUT2D eigenvalue weighted by Crippen LogP contribution is 2.19. The molecule has 1 aromatic heterocycles. The number of rotatable bonds is 4. The Bertz CT molecular complexity index is 461. The van der Waals surface area contributed by atoms with E-state index in [0.717, 1.165) is 4.88 Å². The van der Waals surface area contributed by atoms with Gasteiger partial charge in [0.05, 0.1) is 10.4 Å². The van der Waals surface area contributed by atoms with Gasteiger partial charge < -0.3 is 4.74 Å². The second-order valence-corrected chi connectivity index (χ2v) is 4.42. The van der Waals surface area contributed by atoms with E-state index in [1.165, 1.54) is 23.5 Å². The highest BCUT2D eigenvalue weighted by atomic mass is 35.5. The summed E-state index contributed by atoms with van der Waals surface area (Å²) in [6.45, 7) is 0.399. The van der Waals surface area contributed by atoms with Crippen LogP contribution < -0.4 is 4.74 Å². The molecule has 5 heteroatoms. The summed E-state index contributed by atoms with van der Waals surface area (Å²) in [5, 5.41) is 0. The van der Waals surface area contributed by atoms with Crippen molar-refractivity contribution in [3.8, 4) is 5.75 Å². The van der Waals surface area contributed by atoms with Gasteiger partial charge in [0.15, 0.2) is 0 Å². The van der Waals surface area contributed by atoms with E-state index in [1.807, 2.05) is 0 Å². The summed E-state index contributed by atoms with van der Waals surface area (Å²) in [6, 6.07) is 4.47. The summed E-state index contributed by atoms with van der Waals surface area (Å²) in [5.74, 6) is 0.427. The first-order valence-corrected chi connectivity index (χ1v) is 6.05. The highest BCUT2D eigenvalue weighted by molar-refractivity contribution is 7.09. The van der Waals surface area contributed by atoms with Gasteiger partial charge in [-0.25, -0.2) is 4.39 Å². The zero-order valence-electron chi connectivity index (χ0n) is 8.32. The number of ether oxygens (including phenoxy) is 1. The van der Waals surface area contributed by atoms with E-state index in [4.69, 9.17) is 16.3 Å². The van der Waals surface area contributed by atoms with E-state index >= 15 is 0 Å². The monoisotopic (exact) mass is 257 g/mol. The largest absolute Gasteiger partial charge is 0.488 e. The van der Waals surface area contributed by atoms with Gasteiger partial charge >= 0.3 is 0 Å². The molecule has 0 saturated heterocycles. The molecule has 0 bridgehead atoms. The van der Waals surface area contributed by atoms with Crippen molar-refractivity contribution in [2.75, 3.05) is 0 Å². The molecule has 0 radical (unpaired) electrons. The van der Waals surface area contributed by atoms with Crippen LogP contribution in [0.2, 0.25) is 0 Å². The van der Waals surface area contributed by atoms with Gasteiger partial charge in [-0.05, 0) is 17.7 Å². The summed E-state index contributed by atoms with van der Waals surface area (Å²) in [7, 11) is 0. The molecule has 0 N–H and O–H groups in total. The molecule has 2 rings (SSSR count). The average molecular weight is 258 g/mol. The lowest BCUT2D eigenvalue weighted by Gasteiger charge is -2.06. The maximum atomic E-state index is 13.1. The molecule has 1 aromatic carbocycles. The quantitative estimate of drug-likeness (QED) is 0.781. The van der Waals surface area contributed by atoms with Crippen LogP contribution in [-0.4, -0.2) is 4.98 Å². The smallest absolute Gasteiger partial charge is 0.127 e. The summed E-state index contributed by atoms with van der Waals surface area (Å²) in [4.78, 5) is 4.93. The minimum absolute atomic E-state index is 0.272. The van der Waals surface area contributed by atoms with Crippen molar-refractivity contribution in [2.45, 2.75) is 12.5 Å². The molecule has 0 unspecified atom stereocenters. The first kappa shape index (κ1) is 11.4. The van der Waals surface area contributed by atoms with Crippen LogP contribution in [0, 0.1) is 5.82 Å². The standard InChI is InChI=1S/C11H9ClFNOS/c12-4-8-1-9(13)3-10(2-8)15-6-11-5-14-7-16-11/h1-3,5,7H,4,6H2. The second kappa shape index (κ2) is 5.27. The van der Waals surface area contributed by atoms with Crippen LogP contribution in [0.3, 0.4) is 0 Å². The van der Waals surface area contributed by atoms with Crippen molar-refractivity contribution >= 4 is 22.9 Å². The highest BCUT2D eigenvalue weighted by Gasteiger charge is 2.02. The van der Waals surface area contributed by atoms with Gasteiger partial charge in [0.2, 0.25) is 0 Å². The van der Waals surface area contributed by atoms with E-state index in [-0.39, 0.29) is 11.7 Å². The summed E-state index contributed by atoms with van der Waals surface area (Å²) in [5.41, 5.74) is 2.44. The molecule has 0 aliphatic carbocycles. The number of aromatic nitrogens is 1. The van der Waals surface area contributed by atoms with Crippen molar-refractivity contribution in [1.82, 2.24) is 4.98 Å². The minimum Gasteiger partial charge on any atom is -0.488 e. The Hall–Kier alpha value is -1.13. The summed E-state index contributed by atoms with van der Waals surface area (Å²) >= 11 is 7.14. The van der Waals surface area contributed by atoms with Gasteiger partial charge in [-0.1, -0.05) is 0 Å². The number of nitrogens with zero attached hydrogens (tertiary/aromatic N) is 1. The van der Waals surface area contributed by atoms with Crippen LogP contribution in [-0.2, 0) is 12.5 Å². The molecular weight excluding hydrogens is 249 g/mol. The molecule has 16 heavy (non-hydrogen) atoms. The molecule has 2 aromatic rings. The Morgan fingerprint density at radius 3 is 2.94 bits per heavy atom. The maximum absolute atomic E-state index is 13.1. The van der Waals surface area contributed by atoms with Crippen molar-refractivity contribution in [3.63, 3.8) is 0 Å². The van der Waals surface area contributed by atoms with Crippen LogP contribution in [0.15, 0.2) is 29.9 Å². The molecule has 0 aliphatic rings. The Morgan fingerprint density at radius 2 is 2.25 bits per heavy atom. The lowest BCUT2D eigenvalue weighted by atomic mass is 10.2. The number of alkyl halides is 1. The van der Waals surface area contributed by atoms with Crippen LogP contribution >= 0.6 is 22.9 Å². The second-order valence-electron chi connectivity index (χ2n) is 3.19. The number of benzene rings is 1. The van der Waals surface area contributed by atoms with E-state index in [2.05, 4.69) is 4.98 Å². The molecule has 84 valence electrons. The van der Waals surface area contributed by atoms with Crippen molar-refractivity contribution in [2.24, 2.45) is 0 Å². The van der Waals surface area contributed by atoms with E-state index < -0.39 is 0 Å². The van der Waals surface area contributed by atoms with Gasteiger partial charge in [0, 0.05) is 18.1 Å². The molecule has 0 spiro atoms. The molecule has 0 amide bonds. The fourth-order valence-electron chi connectivity index (χ4n) is 1.25. The van der Waals surface area contributed by atoms with E-state index in [9.17, 15) is 4.39 Å². The SMILES string of the molecule is Fc1cc(CCl)cc(OCc2cncs2)c1. The van der Waals surface area contributed by atoms with Crippen molar-refractivity contribution in [1.29, 1.82) is 0 Å². The fourth-order valence-corrected chi connectivity index (χ4v) is 1.91. The third-order valence-electron chi connectivity index (χ3n) is 1.95. The predicted molar refractivity (Wildman–Crippen MR) is 62.4 cm³/mol. The normalized spacial score (nSPS) is 10.4. The van der Waals surface area contributed by atoms with Gasteiger partial charge in [-0.2, -0.15) is 0 Å². The lowest BCUT2D eigenvalue weighted by molar-refractivity contribution is 0.307. The summed E-state index contributed by atoms with van der Waals surface area (Å²) in [6.07, 6.45) is 1.73. The number of hydrogen-bond donors (Lipinski definition) is 0. The van der Waals surface area contributed by atoms with Crippen LogP contribution in [0.25, 0.3) is 0 Å². The summed E-state index contributed by atoms with van der Waals surface area (Å²) < 4.78 is 18.6. The molecular formula is C11H9ClFNOS. The molecule has 0 fully saturated rings. The third kappa shape index (κ3) is 2.93. The Labute approximate surface area is 102 Å². The Balaban J connectivity index is 2.06. The minimum atomic E-state index is -0.336. The third-order valence-corrected chi connectivity index (χ3v) is 3.01. The number of hydrogen-bond acceptors (Lipinski definition) is 3. The lowest BCUT2D eigenvalue weighted by Crippen LogP contribution is -1.94. The van der Waals surface area contributed by atoms with Crippen molar-refractivity contribution < 1.29 is 9.13 Å². The van der Waals surface area contributed by atoms with Gasteiger partial charge in [0.1, 0.15) is 18.2 Å². The van der Waals surface area contributed by atoms with Crippen LogP contribution in [0.4, 0.5) is 4.39 Å². The Kier molecular flexibility index (Phi) is 3.74. The van der Waals surface area contributed by atoms with E-state index in [0.29, 0.717) is 17.9 Å². The molecule has 1 heterocycles. The zero-order valence-corrected chi connectivity index (χ0v) is 9.89. The number of thiazole rings is 1. The zero-order chi connectivity index (χ0) is 11.4. The fraction of sp³-hybridized carbons (Fsp3) is 0.182. The number of halogens is 2. The molecule has 2 nitrogen and oxygen atoms in total. The molecule has 0 saturated carbocycles. The molecule has 0 atom stereocenters. The first-order chi connectivity index (χ1) is 7.78. The topological polar surface area (TPSA) is 22.1 Å². The van der Waals surface area contributed by atoms with Gasteiger partial charge in [-0.3, -0.25) is 4.98 Å². The Morgan fingerprint density at radius 1 is 1.38 bits per heavy atom. The molecule has 0 aliphatic heterocycles. The van der Waals surface area contributed by atoms with Gasteiger partial charge in [0.25, 0.3) is 0 Å². The predicted octanol–water partition coefficient (Wildman–Crippen LogP) is 3.60. The van der Waals surface area contributed by atoms with Crippen LogP contribution in [0.5, 0.6) is 5.75 Å². The maximum Gasteiger partial charge on any atom is 0.127 e. The average Bonchev–Trinajstić information content (AvgIpc) is 2.78. The van der Waals surface area contributed by atoms with Crippen molar-refractivity contribution in [3.05, 3.63) is 46.2 Å². The van der Waals surface area contributed by atoms with E-state index in [1.54, 1.807) is 17.8 Å². The van der Waals surface area contributed by atoms with Crippen LogP contribution in [0.1, 0.15) is 10.4 Å².